The van der Waals surface area contributed by atoms with E-state index in [1.807, 2.05) is 6.07 Å². The van der Waals surface area contributed by atoms with Crippen LogP contribution in [0.15, 0.2) is 54.6 Å². The van der Waals surface area contributed by atoms with Crippen LogP contribution in [0.5, 0.6) is 29.0 Å². The van der Waals surface area contributed by atoms with Crippen molar-refractivity contribution in [2.45, 2.75) is 0 Å². The van der Waals surface area contributed by atoms with Gasteiger partial charge in [-0.1, -0.05) is 6.07 Å². The van der Waals surface area contributed by atoms with Crippen LogP contribution in [0.25, 0.3) is 0 Å². The summed E-state index contributed by atoms with van der Waals surface area (Å²) in [5.74, 6) is 0.674. The SMILES string of the molecule is CN1CCN(c2cc(Oc3cccc(C(=O)N(C)C)c3)nc(Oc3cc(C(=N)N)ccc3O)c2)CC1. The van der Waals surface area contributed by atoms with Crippen molar-refractivity contribution < 1.29 is 19.4 Å². The number of nitrogen functional groups attached to an aromatic ring is 1. The summed E-state index contributed by atoms with van der Waals surface area (Å²) in [6.07, 6.45) is 0. The van der Waals surface area contributed by atoms with Crippen LogP contribution in [0.3, 0.4) is 0 Å². The maximum atomic E-state index is 12.4. The molecular weight excluding hydrogens is 460 g/mol. The minimum Gasteiger partial charge on any atom is -0.504 e. The quantitative estimate of drug-likeness (QED) is 0.340. The third-order valence-corrected chi connectivity index (χ3v) is 5.83. The number of pyridine rings is 1. The number of rotatable bonds is 7. The number of phenols is 1. The zero-order chi connectivity index (χ0) is 25.8. The number of nitrogens with zero attached hydrogens (tertiary/aromatic N) is 4. The zero-order valence-electron chi connectivity index (χ0n) is 20.6. The maximum Gasteiger partial charge on any atom is 0.253 e. The molecule has 0 aliphatic carbocycles. The molecule has 1 saturated heterocycles. The van der Waals surface area contributed by atoms with E-state index < -0.39 is 0 Å². The van der Waals surface area contributed by atoms with Crippen molar-refractivity contribution in [2.24, 2.45) is 5.73 Å². The fourth-order valence-electron chi connectivity index (χ4n) is 3.77. The highest BCUT2D eigenvalue weighted by Gasteiger charge is 2.18. The molecule has 1 amide bonds. The smallest absolute Gasteiger partial charge is 0.253 e. The Balaban J connectivity index is 1.68. The van der Waals surface area contributed by atoms with Crippen molar-refractivity contribution in [3.63, 3.8) is 0 Å². The number of hydrogen-bond donors (Lipinski definition) is 3. The first-order chi connectivity index (χ1) is 17.2. The highest BCUT2D eigenvalue weighted by Crippen LogP contribution is 2.35. The van der Waals surface area contributed by atoms with Gasteiger partial charge in [0.15, 0.2) is 11.5 Å². The third kappa shape index (κ3) is 5.84. The standard InChI is InChI=1S/C26H30N6O4/c1-30(2)26(34)18-5-4-6-20(13-18)35-23-15-19(32-11-9-31(3)10-12-32)16-24(29-23)36-22-14-17(25(27)28)7-8-21(22)33/h4-8,13-16,33H,9-12H2,1-3H3,(H3,27,28). The fourth-order valence-corrected chi connectivity index (χ4v) is 3.77. The number of aromatic hydroxyl groups is 1. The van der Waals surface area contributed by atoms with Crippen molar-refractivity contribution in [2.75, 3.05) is 52.2 Å². The summed E-state index contributed by atoms with van der Waals surface area (Å²) < 4.78 is 12.0. The Labute approximate surface area is 210 Å². The van der Waals surface area contributed by atoms with Gasteiger partial charge in [-0.2, -0.15) is 4.98 Å². The third-order valence-electron chi connectivity index (χ3n) is 5.83. The number of amides is 1. The lowest BCUT2D eigenvalue weighted by Gasteiger charge is -2.34. The van der Waals surface area contributed by atoms with E-state index in [-0.39, 0.29) is 35.0 Å². The second kappa shape index (κ2) is 10.5. The van der Waals surface area contributed by atoms with E-state index in [0.717, 1.165) is 31.9 Å². The summed E-state index contributed by atoms with van der Waals surface area (Å²) in [5.41, 5.74) is 7.36. The van der Waals surface area contributed by atoms with Crippen LogP contribution >= 0.6 is 0 Å². The van der Waals surface area contributed by atoms with Gasteiger partial charge in [0.05, 0.1) is 0 Å². The average molecular weight is 491 g/mol. The number of aromatic nitrogens is 1. The number of carbonyl (C=O) groups is 1. The Morgan fingerprint density at radius 3 is 2.36 bits per heavy atom. The lowest BCUT2D eigenvalue weighted by atomic mass is 10.2. The van der Waals surface area contributed by atoms with E-state index in [9.17, 15) is 9.90 Å². The molecule has 1 aliphatic rings. The van der Waals surface area contributed by atoms with Gasteiger partial charge in [0, 0.05) is 69.2 Å². The molecule has 188 valence electrons. The number of carbonyl (C=O) groups excluding carboxylic acids is 1. The topological polar surface area (TPSA) is 128 Å². The molecule has 3 aromatic rings. The number of likely N-dealkylation sites (N-methyl/N-ethyl adjacent to an activating group) is 1. The van der Waals surface area contributed by atoms with Crippen molar-refractivity contribution in [1.29, 1.82) is 5.41 Å². The molecular formula is C26H30N6O4. The fraction of sp³-hybridized carbons (Fsp3) is 0.269. The molecule has 10 nitrogen and oxygen atoms in total. The van der Waals surface area contributed by atoms with Crippen LogP contribution in [-0.2, 0) is 0 Å². The summed E-state index contributed by atoms with van der Waals surface area (Å²) in [7, 11) is 5.47. The largest absolute Gasteiger partial charge is 0.504 e. The second-order valence-corrected chi connectivity index (χ2v) is 8.82. The summed E-state index contributed by atoms with van der Waals surface area (Å²) in [4.78, 5) is 22.8. The number of nitrogens with two attached hydrogens (primary N) is 1. The molecule has 2 aromatic carbocycles. The Hall–Kier alpha value is -4.31. The predicted molar refractivity (Wildman–Crippen MR) is 138 cm³/mol. The van der Waals surface area contributed by atoms with E-state index in [0.29, 0.717) is 16.9 Å². The summed E-state index contributed by atoms with van der Waals surface area (Å²) in [6, 6.07) is 14.9. The van der Waals surface area contributed by atoms with Crippen LogP contribution < -0.4 is 20.1 Å². The molecule has 0 spiro atoms. The minimum atomic E-state index is -0.143. The first kappa shape index (κ1) is 24.8. The van der Waals surface area contributed by atoms with Gasteiger partial charge in [-0.25, -0.2) is 0 Å². The molecule has 0 saturated carbocycles. The van der Waals surface area contributed by atoms with E-state index >= 15 is 0 Å². The van der Waals surface area contributed by atoms with E-state index in [1.165, 1.54) is 23.1 Å². The molecule has 2 heterocycles. The maximum absolute atomic E-state index is 12.4. The lowest BCUT2D eigenvalue weighted by molar-refractivity contribution is 0.0827. The van der Waals surface area contributed by atoms with Crippen LogP contribution in [0.4, 0.5) is 5.69 Å². The molecule has 0 radical (unpaired) electrons. The van der Waals surface area contributed by atoms with Gasteiger partial charge < -0.3 is 35.0 Å². The Morgan fingerprint density at radius 2 is 1.69 bits per heavy atom. The van der Waals surface area contributed by atoms with Gasteiger partial charge in [0.2, 0.25) is 11.8 Å². The van der Waals surface area contributed by atoms with Gasteiger partial charge in [-0.15, -0.1) is 0 Å². The van der Waals surface area contributed by atoms with Crippen LogP contribution in [0.1, 0.15) is 15.9 Å². The van der Waals surface area contributed by atoms with E-state index in [1.54, 1.807) is 44.4 Å². The number of piperazine rings is 1. The number of anilines is 1. The molecule has 1 fully saturated rings. The molecule has 36 heavy (non-hydrogen) atoms. The Kier molecular flexibility index (Phi) is 7.25. The van der Waals surface area contributed by atoms with Gasteiger partial charge in [-0.3, -0.25) is 10.2 Å². The predicted octanol–water partition coefficient (Wildman–Crippen LogP) is 3.11. The lowest BCUT2D eigenvalue weighted by Crippen LogP contribution is -2.44. The van der Waals surface area contributed by atoms with Crippen LogP contribution in [-0.4, -0.2) is 79.0 Å². The van der Waals surface area contributed by atoms with Crippen LogP contribution in [0.2, 0.25) is 0 Å². The summed E-state index contributed by atoms with van der Waals surface area (Å²) in [6.45, 7) is 3.45. The number of amidine groups is 1. The first-order valence-electron chi connectivity index (χ1n) is 11.5. The number of ether oxygens (including phenoxy) is 2. The Morgan fingerprint density at radius 1 is 1.00 bits per heavy atom. The molecule has 0 atom stereocenters. The van der Waals surface area contributed by atoms with Crippen molar-refractivity contribution in [3.05, 3.63) is 65.7 Å². The Bertz CT molecular complexity index is 1270. The number of nitrogens with one attached hydrogen (secondary N) is 1. The van der Waals surface area contributed by atoms with Gasteiger partial charge in [0.25, 0.3) is 5.91 Å². The molecule has 1 aliphatic heterocycles. The van der Waals surface area contributed by atoms with Gasteiger partial charge in [-0.05, 0) is 43.4 Å². The van der Waals surface area contributed by atoms with Crippen molar-refractivity contribution >= 4 is 17.4 Å². The van der Waals surface area contributed by atoms with Crippen LogP contribution in [0, 0.1) is 5.41 Å². The molecule has 10 heteroatoms. The number of hydrogen-bond acceptors (Lipinski definition) is 8. The molecule has 4 N–H and O–H groups in total. The van der Waals surface area contributed by atoms with Gasteiger partial charge in [0.1, 0.15) is 11.6 Å². The monoisotopic (exact) mass is 490 g/mol. The van der Waals surface area contributed by atoms with Crippen molar-refractivity contribution in [1.82, 2.24) is 14.8 Å². The molecule has 4 rings (SSSR count). The second-order valence-electron chi connectivity index (χ2n) is 8.82. The number of phenolic OH excluding ortho intramolecular Hbond substituents is 1. The highest BCUT2D eigenvalue weighted by molar-refractivity contribution is 5.95. The minimum absolute atomic E-state index is 0.107. The van der Waals surface area contributed by atoms with E-state index in [2.05, 4.69) is 21.8 Å². The average Bonchev–Trinajstić information content (AvgIpc) is 2.85. The summed E-state index contributed by atoms with van der Waals surface area (Å²) in [5, 5.41) is 18.0. The highest BCUT2D eigenvalue weighted by atomic mass is 16.5. The first-order valence-corrected chi connectivity index (χ1v) is 11.5. The van der Waals surface area contributed by atoms with Crippen molar-refractivity contribution in [3.8, 4) is 29.0 Å². The molecule has 0 unspecified atom stereocenters. The van der Waals surface area contributed by atoms with E-state index in [4.69, 9.17) is 20.6 Å². The van der Waals surface area contributed by atoms with Gasteiger partial charge >= 0.3 is 0 Å². The number of benzene rings is 2. The zero-order valence-corrected chi connectivity index (χ0v) is 20.6. The molecule has 0 bridgehead atoms. The molecule has 1 aromatic heterocycles. The normalized spacial score (nSPS) is 13.8. The summed E-state index contributed by atoms with van der Waals surface area (Å²) >= 11 is 0.